The molecule has 0 saturated heterocycles. The van der Waals surface area contributed by atoms with Crippen molar-refractivity contribution in [2.75, 3.05) is 0 Å². The molecule has 0 spiro atoms. The molecule has 0 fully saturated rings. The van der Waals surface area contributed by atoms with Gasteiger partial charge < -0.3 is 9.23 Å². The van der Waals surface area contributed by atoms with Gasteiger partial charge >= 0.3 is 0 Å². The van der Waals surface area contributed by atoms with Crippen LogP contribution in [0.5, 0.6) is 0 Å². The fourth-order valence-electron chi connectivity index (χ4n) is 0.181. The van der Waals surface area contributed by atoms with Gasteiger partial charge in [0.2, 0.25) is 0 Å². The first-order chi connectivity index (χ1) is 4.83. The first-order valence-corrected chi connectivity index (χ1v) is 4.22. The van der Waals surface area contributed by atoms with Crippen LogP contribution in [0.1, 0.15) is 0 Å². The third-order valence-electron chi connectivity index (χ3n) is 0.340. The van der Waals surface area contributed by atoms with E-state index in [-0.39, 0.29) is 0 Å². The van der Waals surface area contributed by atoms with Crippen LogP contribution in [0.25, 0.3) is 4.13 Å². The van der Waals surface area contributed by atoms with Gasteiger partial charge in [-0.3, -0.25) is 0 Å². The van der Waals surface area contributed by atoms with E-state index in [0.717, 1.165) is 0 Å². The third kappa shape index (κ3) is 5.82. The van der Waals surface area contributed by atoms with Crippen LogP contribution < -0.4 is 5.11 Å². The lowest BCUT2D eigenvalue weighted by atomic mass is 11.5. The average Bonchev–Trinajstić information content (AvgIpc) is 1.53. The summed E-state index contributed by atoms with van der Waals surface area (Å²) >= 11 is -3.53. The lowest BCUT2D eigenvalue weighted by Gasteiger charge is -2.09. The van der Waals surface area contributed by atoms with Crippen LogP contribution in [0.2, 0.25) is 0 Å². The number of hydrogen-bond acceptors (Lipinski definition) is 4. The van der Waals surface area contributed by atoms with Crippen molar-refractivity contribution in [2.45, 2.75) is 0 Å². The number of hydrogen-bond donors (Lipinski definition) is 0. The molecule has 0 amide bonds. The minimum atomic E-state index is -4.93. The smallest absolute Gasteiger partial charge is 0.189 e. The first-order valence-electron chi connectivity index (χ1n) is 1.82. The monoisotopic (exact) mass is 206 g/mol. The normalized spacial score (nSPS) is 16.4. The summed E-state index contributed by atoms with van der Waals surface area (Å²) in [7, 11) is -4.93. The van der Waals surface area contributed by atoms with Crippen LogP contribution in [0.3, 0.4) is 0 Å². The Morgan fingerprint density at radius 3 is 2.36 bits per heavy atom. The highest BCUT2D eigenvalue weighted by Gasteiger charge is 1.96. The van der Waals surface area contributed by atoms with Gasteiger partial charge in [0.1, 0.15) is 11.4 Å². The standard InChI is InChI=1S/CHF2N2O4S2/c2-1(6)4-11(8,9)5-10(3)7/h(H,4,6)/q-1/p-1. The largest absolute Gasteiger partial charge is 0.836 e. The highest BCUT2D eigenvalue weighted by atomic mass is 32.3. The van der Waals surface area contributed by atoms with Crippen molar-refractivity contribution >= 4 is 27.7 Å². The van der Waals surface area contributed by atoms with Gasteiger partial charge in [0, 0.05) is 0 Å². The van der Waals surface area contributed by atoms with Crippen molar-refractivity contribution in [1.82, 2.24) is 0 Å². The molecule has 0 aromatic carbocycles. The highest BCUT2D eigenvalue weighted by Crippen LogP contribution is 2.08. The Labute approximate surface area is 63.0 Å². The van der Waals surface area contributed by atoms with E-state index in [2.05, 4.69) is 0 Å². The fraction of sp³-hybridized carbons (Fsp3) is 0. The molecule has 0 aliphatic rings. The molecule has 0 saturated carbocycles. The van der Waals surface area contributed by atoms with E-state index in [1.165, 1.54) is 0 Å². The minimum Gasteiger partial charge on any atom is -0.836 e. The quantitative estimate of drug-likeness (QED) is 0.330. The van der Waals surface area contributed by atoms with Crippen LogP contribution in [-0.2, 0) is 21.6 Å². The van der Waals surface area contributed by atoms with E-state index in [4.69, 9.17) is 0 Å². The summed E-state index contributed by atoms with van der Waals surface area (Å²) in [4.78, 5) is 0. The molecule has 1 unspecified atom stereocenters. The van der Waals surface area contributed by atoms with Crippen LogP contribution in [-0.4, -0.2) is 18.8 Å². The fourth-order valence-corrected chi connectivity index (χ4v) is 1.09. The second-order valence-electron chi connectivity index (χ2n) is 1.07. The summed E-state index contributed by atoms with van der Waals surface area (Å²) in [5.74, 6) is 0. The number of nitrogens with zero attached hydrogens (tertiary/aromatic N) is 2. The van der Waals surface area contributed by atoms with E-state index in [1.54, 1.807) is 8.53 Å². The Morgan fingerprint density at radius 1 is 1.64 bits per heavy atom. The molecule has 0 aliphatic heterocycles. The predicted molar refractivity (Wildman–Crippen MR) is 30.1 cm³/mol. The van der Waals surface area contributed by atoms with Crippen molar-refractivity contribution in [2.24, 2.45) is 4.40 Å². The maximum atomic E-state index is 11.3. The summed E-state index contributed by atoms with van der Waals surface area (Å²) in [5, 5.41) is 9.35. The molecule has 11 heavy (non-hydrogen) atoms. The molecule has 0 heterocycles. The molecule has 10 heteroatoms. The average molecular weight is 206 g/mol. The first kappa shape index (κ1) is 10.4. The van der Waals surface area contributed by atoms with Gasteiger partial charge in [0.25, 0.3) is 0 Å². The topological polar surface area (TPSA) is 101 Å². The van der Waals surface area contributed by atoms with Gasteiger partial charge in [-0.2, -0.15) is 8.28 Å². The Hall–Kier alpha value is -0.610. The van der Waals surface area contributed by atoms with E-state index in [9.17, 15) is 26.0 Å². The molecule has 0 aromatic heterocycles. The Morgan fingerprint density at radius 2 is 2.09 bits per heavy atom. The SMILES string of the molecule is O=S(F)[N-]S(=O)(=O)/N=C(\[O-])F. The van der Waals surface area contributed by atoms with Crippen molar-refractivity contribution in [3.8, 4) is 0 Å². The number of rotatable bonds is 3. The van der Waals surface area contributed by atoms with Crippen LogP contribution in [0.15, 0.2) is 4.40 Å². The Bertz CT molecular complexity index is 278. The summed E-state index contributed by atoms with van der Waals surface area (Å²) in [6.45, 7) is 0. The zero-order valence-corrected chi connectivity index (χ0v) is 6.23. The molecular formula is CF2N2O4S2-2. The molecule has 66 valence electrons. The zero-order valence-electron chi connectivity index (χ0n) is 4.60. The Kier molecular flexibility index (Phi) is 3.48. The predicted octanol–water partition coefficient (Wildman–Crippen LogP) is -1.16. The van der Waals surface area contributed by atoms with Crippen LogP contribution in [0, 0.1) is 0 Å². The molecule has 1 atom stereocenters. The van der Waals surface area contributed by atoms with Gasteiger partial charge in [-0.1, -0.05) is 0 Å². The van der Waals surface area contributed by atoms with Crippen molar-refractivity contribution < 1.29 is 26.0 Å². The third-order valence-corrected chi connectivity index (χ3v) is 1.94. The van der Waals surface area contributed by atoms with Gasteiger partial charge in [-0.25, -0.2) is 17.0 Å². The summed E-state index contributed by atoms with van der Waals surface area (Å²) in [6, 6.07) is 0. The summed E-state index contributed by atoms with van der Waals surface area (Å²) in [5.41, 5.74) is 0. The van der Waals surface area contributed by atoms with Gasteiger partial charge in [0.05, 0.1) is 0 Å². The van der Waals surface area contributed by atoms with Crippen molar-refractivity contribution in [3.63, 3.8) is 0 Å². The second-order valence-corrected chi connectivity index (χ2v) is 3.16. The molecule has 0 N–H and O–H groups in total. The highest BCUT2D eigenvalue weighted by molar-refractivity contribution is 8.07. The number of halogens is 2. The minimum absolute atomic E-state index is 1.72. The Balaban J connectivity index is 4.51. The second kappa shape index (κ2) is 3.69. The van der Waals surface area contributed by atoms with Gasteiger partial charge in [0.15, 0.2) is 16.4 Å². The molecule has 0 radical (unpaired) electrons. The summed E-state index contributed by atoms with van der Waals surface area (Å²) < 4.78 is 55.5. The van der Waals surface area contributed by atoms with Crippen LogP contribution in [0.4, 0.5) is 8.28 Å². The maximum Gasteiger partial charge on any atom is 0.189 e. The molecular weight excluding hydrogens is 206 g/mol. The van der Waals surface area contributed by atoms with E-state index < -0.39 is 27.7 Å². The van der Waals surface area contributed by atoms with Crippen molar-refractivity contribution in [3.05, 3.63) is 4.13 Å². The lowest BCUT2D eigenvalue weighted by Crippen LogP contribution is -2.12. The van der Waals surface area contributed by atoms with Crippen LogP contribution >= 0.6 is 0 Å². The van der Waals surface area contributed by atoms with E-state index in [0.29, 0.717) is 0 Å². The van der Waals surface area contributed by atoms with Crippen molar-refractivity contribution in [1.29, 1.82) is 0 Å². The maximum absolute atomic E-state index is 11.3. The van der Waals surface area contributed by atoms with E-state index in [1.807, 2.05) is 0 Å². The summed E-state index contributed by atoms with van der Waals surface area (Å²) in [6.07, 6.45) is -2.56. The lowest BCUT2D eigenvalue weighted by molar-refractivity contribution is -0.232. The molecule has 0 aliphatic carbocycles. The molecule has 0 aromatic rings. The zero-order chi connectivity index (χ0) is 9.07. The molecule has 0 rings (SSSR count). The molecule has 0 bridgehead atoms. The van der Waals surface area contributed by atoms with E-state index >= 15 is 0 Å². The molecule has 6 nitrogen and oxygen atoms in total. The van der Waals surface area contributed by atoms with Gasteiger partial charge in [-0.05, 0) is 0 Å². The van der Waals surface area contributed by atoms with Gasteiger partial charge in [-0.15, -0.1) is 0 Å².